The van der Waals surface area contributed by atoms with Crippen LogP contribution >= 0.6 is 11.8 Å². The molecule has 0 saturated carbocycles. The van der Waals surface area contributed by atoms with E-state index in [2.05, 4.69) is 5.32 Å². The number of carbonyl (C=O) groups is 2. The smallest absolute Gasteiger partial charge is 0.321 e. The Morgan fingerprint density at radius 1 is 1.48 bits per heavy atom. The Labute approximate surface area is 125 Å². The molecule has 0 spiro atoms. The molecular weight excluding hydrogens is 296 g/mol. The monoisotopic (exact) mass is 312 g/mol. The average Bonchev–Trinajstić information content (AvgIpc) is 2.94. The fourth-order valence-corrected chi connectivity index (χ4v) is 3.15. The minimum Gasteiger partial charge on any atom is -0.493 e. The first-order chi connectivity index (χ1) is 10.0. The number of carboxylic acid groups (broad SMARTS) is 1. The quantitative estimate of drug-likeness (QED) is 0.695. The Morgan fingerprint density at radius 2 is 2.24 bits per heavy atom. The second-order valence-corrected chi connectivity index (χ2v) is 5.57. The number of primary amides is 1. The van der Waals surface area contributed by atoms with E-state index in [9.17, 15) is 9.59 Å². The molecule has 7 nitrogen and oxygen atoms in total. The molecule has 1 fully saturated rings. The number of aliphatic carboxylic acids is 1. The van der Waals surface area contributed by atoms with Gasteiger partial charge in [0.1, 0.15) is 6.04 Å². The number of thioether (sulfide) groups is 1. The summed E-state index contributed by atoms with van der Waals surface area (Å²) in [7, 11) is 1.49. The first-order valence-electron chi connectivity index (χ1n) is 6.20. The summed E-state index contributed by atoms with van der Waals surface area (Å²) in [6, 6.07) is 4.67. The van der Waals surface area contributed by atoms with Crippen LogP contribution in [0.3, 0.4) is 0 Å². The Balaban J connectivity index is 2.12. The SMILES string of the molecule is COc1cc([C@@H]2N[C@@H](C(=O)O)CS2)ccc1OCC(N)=O. The molecule has 1 amide bonds. The molecule has 0 aliphatic carbocycles. The van der Waals surface area contributed by atoms with Crippen LogP contribution in [0.5, 0.6) is 11.5 Å². The van der Waals surface area contributed by atoms with Crippen molar-refractivity contribution >= 4 is 23.6 Å². The van der Waals surface area contributed by atoms with E-state index in [0.717, 1.165) is 5.56 Å². The van der Waals surface area contributed by atoms with Gasteiger partial charge in [-0.1, -0.05) is 6.07 Å². The average molecular weight is 312 g/mol. The zero-order valence-electron chi connectivity index (χ0n) is 11.4. The Kier molecular flexibility index (Phi) is 4.92. The summed E-state index contributed by atoms with van der Waals surface area (Å²) >= 11 is 1.51. The highest BCUT2D eigenvalue weighted by Crippen LogP contribution is 2.37. The van der Waals surface area contributed by atoms with Gasteiger partial charge in [-0.25, -0.2) is 0 Å². The minimum atomic E-state index is -0.863. The lowest BCUT2D eigenvalue weighted by Crippen LogP contribution is -2.33. The molecule has 2 rings (SSSR count). The fraction of sp³-hybridized carbons (Fsp3) is 0.385. The predicted molar refractivity (Wildman–Crippen MR) is 77.4 cm³/mol. The van der Waals surface area contributed by atoms with Crippen LogP contribution < -0.4 is 20.5 Å². The number of benzene rings is 1. The van der Waals surface area contributed by atoms with Crippen molar-refractivity contribution in [2.24, 2.45) is 5.73 Å². The van der Waals surface area contributed by atoms with Crippen molar-refractivity contribution in [1.29, 1.82) is 0 Å². The fourth-order valence-electron chi connectivity index (χ4n) is 1.92. The number of hydrogen-bond donors (Lipinski definition) is 3. The number of carbonyl (C=O) groups excluding carboxylic acids is 1. The lowest BCUT2D eigenvalue weighted by Gasteiger charge is -2.15. The van der Waals surface area contributed by atoms with Crippen molar-refractivity contribution in [3.8, 4) is 11.5 Å². The van der Waals surface area contributed by atoms with Crippen molar-refractivity contribution in [3.05, 3.63) is 23.8 Å². The first-order valence-corrected chi connectivity index (χ1v) is 7.25. The Morgan fingerprint density at radius 3 is 2.81 bits per heavy atom. The molecule has 1 heterocycles. The number of nitrogens with two attached hydrogens (primary N) is 1. The number of rotatable bonds is 6. The molecule has 8 heteroatoms. The van der Waals surface area contributed by atoms with Crippen molar-refractivity contribution in [2.45, 2.75) is 11.4 Å². The number of carboxylic acids is 1. The van der Waals surface area contributed by atoms with E-state index in [1.165, 1.54) is 18.9 Å². The van der Waals surface area contributed by atoms with Gasteiger partial charge in [-0.2, -0.15) is 0 Å². The van der Waals surface area contributed by atoms with Crippen LogP contribution in [0.1, 0.15) is 10.9 Å². The van der Waals surface area contributed by atoms with E-state index in [4.69, 9.17) is 20.3 Å². The molecule has 1 aliphatic rings. The third-order valence-corrected chi connectivity index (χ3v) is 4.21. The van der Waals surface area contributed by atoms with Crippen LogP contribution in [0.2, 0.25) is 0 Å². The molecule has 2 atom stereocenters. The highest BCUT2D eigenvalue weighted by molar-refractivity contribution is 7.99. The summed E-state index contributed by atoms with van der Waals surface area (Å²) in [6.07, 6.45) is 0. The summed E-state index contributed by atoms with van der Waals surface area (Å²) in [5, 5.41) is 11.9. The second-order valence-electron chi connectivity index (χ2n) is 4.44. The lowest BCUT2D eigenvalue weighted by atomic mass is 10.2. The van der Waals surface area contributed by atoms with Gasteiger partial charge in [-0.15, -0.1) is 11.8 Å². The Hall–Kier alpha value is -1.93. The van der Waals surface area contributed by atoms with Gasteiger partial charge < -0.3 is 20.3 Å². The summed E-state index contributed by atoms with van der Waals surface area (Å²) in [6.45, 7) is -0.229. The summed E-state index contributed by atoms with van der Waals surface area (Å²) < 4.78 is 10.5. The van der Waals surface area contributed by atoms with Crippen molar-refractivity contribution in [1.82, 2.24) is 5.32 Å². The molecule has 114 valence electrons. The topological polar surface area (TPSA) is 111 Å². The second kappa shape index (κ2) is 6.68. The van der Waals surface area contributed by atoms with Gasteiger partial charge in [-0.3, -0.25) is 14.9 Å². The molecule has 21 heavy (non-hydrogen) atoms. The molecule has 1 aliphatic heterocycles. The van der Waals surface area contributed by atoms with E-state index in [-0.39, 0.29) is 12.0 Å². The van der Waals surface area contributed by atoms with E-state index in [1.807, 2.05) is 0 Å². The standard InChI is InChI=1S/C13H16N2O5S/c1-19-10-4-7(2-3-9(10)20-5-11(14)16)12-15-8(6-21-12)13(17)18/h2-4,8,12,15H,5-6H2,1H3,(H2,14,16)(H,17,18)/t8-,12-/m1/s1. The first kappa shape index (κ1) is 15.5. The van der Waals surface area contributed by atoms with Crippen molar-refractivity contribution in [3.63, 3.8) is 0 Å². The van der Waals surface area contributed by atoms with Gasteiger partial charge >= 0.3 is 5.97 Å². The van der Waals surface area contributed by atoms with Crippen molar-refractivity contribution in [2.75, 3.05) is 19.5 Å². The van der Waals surface area contributed by atoms with Crippen LogP contribution in [0, 0.1) is 0 Å². The van der Waals surface area contributed by atoms with Gasteiger partial charge in [-0.05, 0) is 17.7 Å². The predicted octanol–water partition coefficient (Wildman–Crippen LogP) is 0.347. The molecule has 0 radical (unpaired) electrons. The van der Waals surface area contributed by atoms with E-state index in [0.29, 0.717) is 17.3 Å². The molecule has 0 aromatic heterocycles. The lowest BCUT2D eigenvalue weighted by molar-refractivity contribution is -0.138. The third-order valence-electron chi connectivity index (χ3n) is 2.94. The summed E-state index contributed by atoms with van der Waals surface area (Å²) in [4.78, 5) is 21.7. The van der Waals surface area contributed by atoms with Gasteiger partial charge in [0.2, 0.25) is 0 Å². The van der Waals surface area contributed by atoms with Crippen LogP contribution in [-0.4, -0.2) is 42.5 Å². The van der Waals surface area contributed by atoms with Gasteiger partial charge in [0.15, 0.2) is 18.1 Å². The number of amides is 1. The van der Waals surface area contributed by atoms with Crippen LogP contribution in [0.25, 0.3) is 0 Å². The van der Waals surface area contributed by atoms with Crippen LogP contribution in [0.15, 0.2) is 18.2 Å². The number of methoxy groups -OCH3 is 1. The molecule has 1 saturated heterocycles. The van der Waals surface area contributed by atoms with E-state index >= 15 is 0 Å². The minimum absolute atomic E-state index is 0.120. The summed E-state index contributed by atoms with van der Waals surface area (Å²) in [5.41, 5.74) is 5.91. The third kappa shape index (κ3) is 3.79. The van der Waals surface area contributed by atoms with Gasteiger partial charge in [0.05, 0.1) is 12.5 Å². The maximum atomic E-state index is 10.9. The van der Waals surface area contributed by atoms with Gasteiger partial charge in [0, 0.05) is 5.75 Å². The molecule has 0 bridgehead atoms. The molecule has 1 aromatic carbocycles. The zero-order chi connectivity index (χ0) is 15.4. The maximum Gasteiger partial charge on any atom is 0.321 e. The molecule has 0 unspecified atom stereocenters. The highest BCUT2D eigenvalue weighted by atomic mass is 32.2. The number of hydrogen-bond acceptors (Lipinski definition) is 6. The van der Waals surface area contributed by atoms with Gasteiger partial charge in [0.25, 0.3) is 5.91 Å². The summed E-state index contributed by atoms with van der Waals surface area (Å²) in [5.74, 6) is -0.0491. The molecule has 4 N–H and O–H groups in total. The zero-order valence-corrected chi connectivity index (χ0v) is 12.2. The van der Waals surface area contributed by atoms with Crippen molar-refractivity contribution < 1.29 is 24.2 Å². The van der Waals surface area contributed by atoms with E-state index in [1.54, 1.807) is 18.2 Å². The Bertz CT molecular complexity index is 551. The number of nitrogens with one attached hydrogen (secondary N) is 1. The van der Waals surface area contributed by atoms with Crippen LogP contribution in [0.4, 0.5) is 0 Å². The largest absolute Gasteiger partial charge is 0.493 e. The maximum absolute atomic E-state index is 10.9. The number of ether oxygens (including phenoxy) is 2. The highest BCUT2D eigenvalue weighted by Gasteiger charge is 2.30. The van der Waals surface area contributed by atoms with Crippen LogP contribution in [-0.2, 0) is 9.59 Å². The molecular formula is C13H16N2O5S. The molecule has 1 aromatic rings. The normalized spacial score (nSPS) is 21.0. The van der Waals surface area contributed by atoms with E-state index < -0.39 is 17.9 Å².